The molecule has 2 aliphatic heterocycles. The van der Waals surface area contributed by atoms with Crippen LogP contribution in [0.5, 0.6) is 0 Å². The monoisotopic (exact) mass is 351 g/mol. The van der Waals surface area contributed by atoms with Gasteiger partial charge in [-0.2, -0.15) is 0 Å². The van der Waals surface area contributed by atoms with Crippen molar-refractivity contribution in [1.82, 2.24) is 9.55 Å². The van der Waals surface area contributed by atoms with Gasteiger partial charge in [-0.25, -0.2) is 0 Å². The number of quaternary nitrogens is 1. The van der Waals surface area contributed by atoms with E-state index in [1.54, 1.807) is 0 Å². The number of likely N-dealkylation sites (tertiary alicyclic amines) is 1. The molecule has 4 heteroatoms. The van der Waals surface area contributed by atoms with E-state index in [1.165, 1.54) is 11.1 Å². The van der Waals surface area contributed by atoms with Gasteiger partial charge in [0, 0.05) is 37.5 Å². The summed E-state index contributed by atoms with van der Waals surface area (Å²) in [5.74, 6) is 0. The third kappa shape index (κ3) is 2.82. The van der Waals surface area contributed by atoms with E-state index in [2.05, 4.69) is 55.3 Å². The minimum Gasteiger partial charge on any atom is -0.626 e. The van der Waals surface area contributed by atoms with Crippen LogP contribution in [-0.4, -0.2) is 30.7 Å². The summed E-state index contributed by atoms with van der Waals surface area (Å²) in [6.45, 7) is 9.12. The number of aryl methyl sites for hydroxylation is 1. The number of rotatable bonds is 3. The number of anilines is 1. The van der Waals surface area contributed by atoms with Crippen molar-refractivity contribution in [1.29, 1.82) is 0 Å². The number of hydrogen-bond acceptors (Lipinski definition) is 3. The smallest absolute Gasteiger partial charge is 0.158 e. The summed E-state index contributed by atoms with van der Waals surface area (Å²) in [6, 6.07) is 17.0. The average Bonchev–Trinajstić information content (AvgIpc) is 3.01. The molecule has 0 saturated carbocycles. The van der Waals surface area contributed by atoms with Gasteiger partial charge in [0.1, 0.15) is 5.69 Å². The maximum absolute atomic E-state index is 13.6. The van der Waals surface area contributed by atoms with Gasteiger partial charge >= 0.3 is 0 Å². The normalized spacial score (nSPS) is 24.3. The van der Waals surface area contributed by atoms with E-state index >= 15 is 0 Å². The predicted octanol–water partition coefficient (Wildman–Crippen LogP) is 4.58. The molecule has 1 fully saturated rings. The van der Waals surface area contributed by atoms with Crippen LogP contribution in [0.2, 0.25) is 0 Å². The maximum Gasteiger partial charge on any atom is 0.158 e. The average molecular weight is 351 g/mol. The van der Waals surface area contributed by atoms with Crippen LogP contribution in [0, 0.1) is 12.1 Å². The molecule has 1 saturated heterocycles. The summed E-state index contributed by atoms with van der Waals surface area (Å²) in [7, 11) is 0. The third-order valence-electron chi connectivity index (χ3n) is 6.42. The molecule has 1 atom stereocenters. The fraction of sp³-hybridized carbons (Fsp3) is 0.455. The Hall–Kier alpha value is -1.88. The van der Waals surface area contributed by atoms with Crippen molar-refractivity contribution in [3.63, 3.8) is 0 Å². The molecule has 26 heavy (non-hydrogen) atoms. The van der Waals surface area contributed by atoms with Crippen molar-refractivity contribution >= 4 is 11.4 Å². The van der Waals surface area contributed by atoms with Crippen LogP contribution < -0.4 is 9.96 Å². The molecule has 1 N–H and O–H groups in total. The third-order valence-corrected chi connectivity index (χ3v) is 6.42. The van der Waals surface area contributed by atoms with Gasteiger partial charge in [0.05, 0.1) is 6.04 Å². The van der Waals surface area contributed by atoms with E-state index in [0.717, 1.165) is 37.3 Å². The Morgan fingerprint density at radius 1 is 1.04 bits per heavy atom. The molecule has 0 amide bonds. The zero-order valence-corrected chi connectivity index (χ0v) is 16.0. The minimum atomic E-state index is -0.213. The van der Waals surface area contributed by atoms with Crippen molar-refractivity contribution in [2.24, 2.45) is 0 Å². The molecule has 4 nitrogen and oxygen atoms in total. The van der Waals surface area contributed by atoms with E-state index in [9.17, 15) is 5.21 Å². The summed E-state index contributed by atoms with van der Waals surface area (Å²) >= 11 is 0. The lowest BCUT2D eigenvalue weighted by Crippen LogP contribution is -2.57. The van der Waals surface area contributed by atoms with E-state index in [1.807, 2.05) is 24.3 Å². The van der Waals surface area contributed by atoms with Crippen LogP contribution >= 0.6 is 0 Å². The number of nitrogens with one attached hydrogen (secondary N) is 1. The Bertz CT molecular complexity index is 778. The zero-order chi connectivity index (χ0) is 18.4. The minimum absolute atomic E-state index is 0.00640. The van der Waals surface area contributed by atoms with Crippen molar-refractivity contribution < 1.29 is 0 Å². The highest BCUT2D eigenvalue weighted by molar-refractivity contribution is 5.72. The Kier molecular flexibility index (Phi) is 4.30. The molecular formula is C22H29N3O. The molecule has 0 spiro atoms. The van der Waals surface area contributed by atoms with Gasteiger partial charge < -0.3 is 15.2 Å². The van der Waals surface area contributed by atoms with Gasteiger partial charge in [-0.05, 0) is 32.4 Å². The molecule has 0 radical (unpaired) electrons. The van der Waals surface area contributed by atoms with Gasteiger partial charge in [0.2, 0.25) is 0 Å². The van der Waals surface area contributed by atoms with Crippen LogP contribution in [0.25, 0.3) is 0 Å². The highest BCUT2D eigenvalue weighted by Crippen LogP contribution is 2.41. The second-order valence-corrected chi connectivity index (χ2v) is 8.29. The topological polar surface area (TPSA) is 38.3 Å². The second kappa shape index (κ2) is 6.38. The van der Waals surface area contributed by atoms with Gasteiger partial charge in [0.15, 0.2) is 12.4 Å². The highest BCUT2D eigenvalue weighted by Gasteiger charge is 2.41. The predicted molar refractivity (Wildman–Crippen MR) is 109 cm³/mol. The first kappa shape index (κ1) is 17.5. The van der Waals surface area contributed by atoms with E-state index in [4.69, 9.17) is 0 Å². The molecule has 2 aromatic carbocycles. The lowest BCUT2D eigenvalue weighted by Gasteiger charge is -2.50. The van der Waals surface area contributed by atoms with Crippen LogP contribution in [-0.2, 0) is 5.54 Å². The number of piperidine rings is 1. The second-order valence-electron chi connectivity index (χ2n) is 8.29. The number of fused-ring (bicyclic) bond motifs is 1. The van der Waals surface area contributed by atoms with Gasteiger partial charge in [0.25, 0.3) is 0 Å². The Balaban J connectivity index is 1.48. The largest absolute Gasteiger partial charge is 0.626 e. The van der Waals surface area contributed by atoms with Crippen LogP contribution in [0.3, 0.4) is 0 Å². The number of hydroxylamine groups is 2. The maximum atomic E-state index is 13.6. The molecule has 0 aliphatic carbocycles. The molecular weight excluding hydrogens is 322 g/mol. The standard InChI is InChI=1S/C22H29N3O/c1-17-8-10-18(11-9-17)22(2,3)24-14-12-19(13-15-24)25(26)16-23-20-6-4-5-7-21(20)25/h4-11,19,23H,12-16H2,1-3H3. The first-order valence-corrected chi connectivity index (χ1v) is 9.66. The van der Waals surface area contributed by atoms with E-state index < -0.39 is 0 Å². The van der Waals surface area contributed by atoms with E-state index in [-0.39, 0.29) is 16.2 Å². The first-order chi connectivity index (χ1) is 12.4. The highest BCUT2D eigenvalue weighted by atomic mass is 16.6. The number of nitrogens with zero attached hydrogens (tertiary/aromatic N) is 2. The summed E-state index contributed by atoms with van der Waals surface area (Å²) in [4.78, 5) is 2.54. The van der Waals surface area contributed by atoms with Crippen LogP contribution in [0.15, 0.2) is 48.5 Å². The van der Waals surface area contributed by atoms with Crippen molar-refractivity contribution in [3.05, 3.63) is 64.9 Å². The lowest BCUT2D eigenvalue weighted by atomic mass is 9.88. The van der Waals surface area contributed by atoms with Gasteiger partial charge in [-0.15, -0.1) is 0 Å². The summed E-state index contributed by atoms with van der Waals surface area (Å²) in [5, 5.41) is 16.9. The molecule has 1 unspecified atom stereocenters. The quantitative estimate of drug-likeness (QED) is 0.650. The van der Waals surface area contributed by atoms with Gasteiger partial charge in [-0.1, -0.05) is 42.0 Å². The molecule has 0 bridgehead atoms. The first-order valence-electron chi connectivity index (χ1n) is 9.66. The summed E-state index contributed by atoms with van der Waals surface area (Å²) in [5.41, 5.74) is 4.55. The molecule has 0 aromatic heterocycles. The van der Waals surface area contributed by atoms with Crippen LogP contribution in [0.4, 0.5) is 11.4 Å². The SMILES string of the molecule is Cc1ccc(C(C)(C)N2CCC([N+]3([O-])CNc4ccccc43)CC2)cc1. The Labute approximate surface area is 156 Å². The van der Waals surface area contributed by atoms with Gasteiger partial charge in [-0.3, -0.25) is 4.90 Å². The Morgan fingerprint density at radius 2 is 1.69 bits per heavy atom. The number of para-hydroxylation sites is 2. The Morgan fingerprint density at radius 3 is 2.38 bits per heavy atom. The molecule has 2 heterocycles. The summed E-state index contributed by atoms with van der Waals surface area (Å²) < 4.78 is -0.213. The molecule has 2 aromatic rings. The number of benzene rings is 2. The fourth-order valence-electron chi connectivity index (χ4n) is 4.55. The fourth-order valence-corrected chi connectivity index (χ4v) is 4.55. The molecule has 2 aliphatic rings. The zero-order valence-electron chi connectivity index (χ0n) is 16.0. The van der Waals surface area contributed by atoms with E-state index in [0.29, 0.717) is 6.67 Å². The number of hydrogen-bond donors (Lipinski definition) is 1. The molecule has 4 rings (SSSR count). The lowest BCUT2D eigenvalue weighted by molar-refractivity contribution is 0.0634. The molecule has 138 valence electrons. The van der Waals surface area contributed by atoms with Crippen LogP contribution in [0.1, 0.15) is 37.8 Å². The van der Waals surface area contributed by atoms with Crippen molar-refractivity contribution in [2.45, 2.75) is 45.2 Å². The van der Waals surface area contributed by atoms with Crippen molar-refractivity contribution in [2.75, 3.05) is 25.1 Å². The summed E-state index contributed by atoms with van der Waals surface area (Å²) in [6.07, 6.45) is 1.88. The van der Waals surface area contributed by atoms with Crippen molar-refractivity contribution in [3.8, 4) is 0 Å².